The fraction of sp³-hybridized carbons (Fsp3) is 0.733. The van der Waals surface area contributed by atoms with Crippen molar-refractivity contribution in [1.29, 1.82) is 0 Å². The van der Waals surface area contributed by atoms with Crippen LogP contribution in [0.1, 0.15) is 62.3 Å². The second-order valence-corrected chi connectivity index (χ2v) is 11.3. The van der Waals surface area contributed by atoms with Gasteiger partial charge in [-0.1, -0.05) is 13.8 Å². The van der Waals surface area contributed by atoms with Crippen LogP contribution in [0.25, 0.3) is 0 Å². The van der Waals surface area contributed by atoms with Gasteiger partial charge in [-0.3, -0.25) is 38.4 Å². The van der Waals surface area contributed by atoms with Gasteiger partial charge in [0.15, 0.2) is 30.7 Å². The van der Waals surface area contributed by atoms with Crippen LogP contribution in [0.2, 0.25) is 0 Å². The highest BCUT2D eigenvalue weighted by molar-refractivity contribution is 5.72. The van der Waals surface area contributed by atoms with E-state index in [1.807, 2.05) is 0 Å². The molecule has 10 atom stereocenters. The van der Waals surface area contributed by atoms with E-state index in [1.165, 1.54) is 13.8 Å². The molecule has 2 fully saturated rings. The molecule has 0 radical (unpaired) electrons. The minimum absolute atomic E-state index is 0.591. The predicted molar refractivity (Wildman–Crippen MR) is 154 cm³/mol. The van der Waals surface area contributed by atoms with Gasteiger partial charge in [-0.2, -0.15) is 0 Å². The van der Waals surface area contributed by atoms with E-state index in [1.54, 1.807) is 0 Å². The summed E-state index contributed by atoms with van der Waals surface area (Å²) in [5.41, 5.74) is 0. The van der Waals surface area contributed by atoms with Crippen LogP contribution in [-0.4, -0.2) is 122 Å². The summed E-state index contributed by atoms with van der Waals surface area (Å²) in [6, 6.07) is 0. The van der Waals surface area contributed by atoms with E-state index in [-0.39, 0.29) is 0 Å². The average Bonchev–Trinajstić information content (AvgIpc) is 2.95. The number of rotatable bonds is 13. The third-order valence-corrected chi connectivity index (χ3v) is 6.59. The van der Waals surface area contributed by atoms with Crippen LogP contribution in [0.3, 0.4) is 0 Å². The molecule has 0 spiro atoms. The van der Waals surface area contributed by atoms with Crippen LogP contribution in [0, 0.1) is 5.92 Å². The molecule has 2 aliphatic heterocycles. The molecule has 276 valence electrons. The maximum atomic E-state index is 12.6. The van der Waals surface area contributed by atoms with Gasteiger partial charge in [-0.15, -0.1) is 0 Å². The summed E-state index contributed by atoms with van der Waals surface area (Å²) < 4.78 is 60.9. The fourth-order valence-electron chi connectivity index (χ4n) is 4.82. The maximum Gasteiger partial charge on any atom is 0.310 e. The van der Waals surface area contributed by atoms with Gasteiger partial charge in [0.05, 0.1) is 5.92 Å². The Balaban J connectivity index is 2.75. The van der Waals surface area contributed by atoms with Gasteiger partial charge in [0.1, 0.15) is 31.5 Å². The molecule has 0 aromatic rings. The van der Waals surface area contributed by atoms with Crippen LogP contribution in [-0.2, 0) is 90.5 Å². The van der Waals surface area contributed by atoms with Gasteiger partial charge in [0.2, 0.25) is 12.4 Å². The SMILES string of the molecule is CC(=O)OC[C@H]1O[C@@H](O[C@H]2[C@H](OC(C)=O)[C@@H](OC(C)=O)[C@H](OC(=O)C(C)C)O[C@@H]2COC(C)=O)[C@H](OC(C)=O)[C@@H](OC(C)=O)[C@H]1OC(C)=O. The van der Waals surface area contributed by atoms with Crippen molar-refractivity contribution in [2.24, 2.45) is 5.92 Å². The second-order valence-electron chi connectivity index (χ2n) is 11.3. The van der Waals surface area contributed by atoms with Gasteiger partial charge in [-0.25, -0.2) is 0 Å². The van der Waals surface area contributed by atoms with Gasteiger partial charge in [0, 0.05) is 48.5 Å². The minimum Gasteiger partial charge on any atom is -0.463 e. The fourth-order valence-corrected chi connectivity index (χ4v) is 4.82. The Morgan fingerprint density at radius 1 is 0.449 bits per heavy atom. The first-order valence-corrected chi connectivity index (χ1v) is 15.1. The molecule has 0 N–H and O–H groups in total. The van der Waals surface area contributed by atoms with Gasteiger partial charge in [-0.05, 0) is 0 Å². The second kappa shape index (κ2) is 18.4. The van der Waals surface area contributed by atoms with Gasteiger partial charge in [0.25, 0.3) is 0 Å². The molecule has 0 aromatic carbocycles. The van der Waals surface area contributed by atoms with E-state index < -0.39 is 128 Å². The number of hydrogen-bond donors (Lipinski definition) is 0. The lowest BCUT2D eigenvalue weighted by Gasteiger charge is -2.48. The number of hydrogen-bond acceptors (Lipinski definition) is 19. The van der Waals surface area contributed by atoms with Crippen LogP contribution < -0.4 is 0 Å². The van der Waals surface area contributed by atoms with E-state index >= 15 is 0 Å². The summed E-state index contributed by atoms with van der Waals surface area (Å²) in [6.45, 7) is 9.09. The smallest absolute Gasteiger partial charge is 0.310 e. The molecular formula is C30H42O19. The highest BCUT2D eigenvalue weighted by Crippen LogP contribution is 2.35. The standard InChI is InChI=1S/C30H42O19/c1-12(2)28(38)49-30-27(45-19(9)37)25(43-17(7)35)23(21(47-30)11-40-14(4)32)48-29-26(44-18(8)36)24(42-16(6)34)22(41-15(5)33)20(46-29)10-39-13(3)31/h12,20-27,29-30H,10-11H2,1-9H3/t20-,21-,22+,23-,24+,25+,26-,27-,29+,30+/m1/s1. The Morgan fingerprint density at radius 2 is 0.796 bits per heavy atom. The third-order valence-electron chi connectivity index (χ3n) is 6.59. The average molecular weight is 707 g/mol. The lowest BCUT2D eigenvalue weighted by atomic mass is 9.96. The molecule has 2 heterocycles. The zero-order chi connectivity index (χ0) is 37.2. The molecule has 2 aliphatic rings. The first kappa shape index (κ1) is 40.8. The van der Waals surface area contributed by atoms with Crippen molar-refractivity contribution in [2.45, 2.75) is 124 Å². The zero-order valence-electron chi connectivity index (χ0n) is 28.5. The summed E-state index contributed by atoms with van der Waals surface area (Å²) in [5, 5.41) is 0. The van der Waals surface area contributed by atoms with E-state index in [2.05, 4.69) is 0 Å². The van der Waals surface area contributed by atoms with Crippen LogP contribution in [0.5, 0.6) is 0 Å². The van der Waals surface area contributed by atoms with Crippen LogP contribution in [0.4, 0.5) is 0 Å². The first-order valence-electron chi connectivity index (χ1n) is 15.1. The molecule has 19 nitrogen and oxygen atoms in total. The molecule has 0 aromatic heterocycles. The Morgan fingerprint density at radius 3 is 1.20 bits per heavy atom. The van der Waals surface area contributed by atoms with Crippen molar-refractivity contribution in [3.05, 3.63) is 0 Å². The molecule has 0 unspecified atom stereocenters. The Hall–Kier alpha value is -4.36. The monoisotopic (exact) mass is 706 g/mol. The molecule has 0 saturated carbocycles. The lowest BCUT2D eigenvalue weighted by Crippen LogP contribution is -2.67. The molecule has 0 aliphatic carbocycles. The highest BCUT2D eigenvalue weighted by atomic mass is 16.8. The number of carbonyl (C=O) groups excluding carboxylic acids is 8. The molecule has 0 amide bonds. The summed E-state index contributed by atoms with van der Waals surface area (Å²) in [5.74, 6) is -7.61. The minimum atomic E-state index is -1.83. The van der Waals surface area contributed by atoms with E-state index in [9.17, 15) is 38.4 Å². The summed E-state index contributed by atoms with van der Waals surface area (Å²) in [6.07, 6.45) is -16.4. The summed E-state index contributed by atoms with van der Waals surface area (Å²) in [7, 11) is 0. The molecule has 49 heavy (non-hydrogen) atoms. The van der Waals surface area contributed by atoms with Gasteiger partial charge >= 0.3 is 47.8 Å². The van der Waals surface area contributed by atoms with Crippen molar-refractivity contribution in [3.63, 3.8) is 0 Å². The van der Waals surface area contributed by atoms with Crippen LogP contribution in [0.15, 0.2) is 0 Å². The molecular weight excluding hydrogens is 664 g/mol. The Bertz CT molecular complexity index is 1250. The highest BCUT2D eigenvalue weighted by Gasteiger charge is 2.58. The molecule has 2 rings (SSSR count). The largest absolute Gasteiger partial charge is 0.463 e. The Labute approximate surface area is 281 Å². The maximum absolute atomic E-state index is 12.6. The predicted octanol–water partition coefficient (Wildman–Crippen LogP) is -0.195. The molecule has 0 bridgehead atoms. The summed E-state index contributed by atoms with van der Waals surface area (Å²) in [4.78, 5) is 97.5. The number of ether oxygens (including phenoxy) is 11. The van der Waals surface area contributed by atoms with Crippen LogP contribution >= 0.6 is 0 Å². The van der Waals surface area contributed by atoms with Crippen molar-refractivity contribution in [3.8, 4) is 0 Å². The van der Waals surface area contributed by atoms with Crippen molar-refractivity contribution >= 4 is 47.8 Å². The lowest BCUT2D eigenvalue weighted by molar-refractivity contribution is -0.358. The van der Waals surface area contributed by atoms with E-state index in [0.717, 1.165) is 48.5 Å². The van der Waals surface area contributed by atoms with Crippen molar-refractivity contribution < 1.29 is 90.5 Å². The first-order chi connectivity index (χ1) is 22.8. The quantitative estimate of drug-likeness (QED) is 0.178. The van der Waals surface area contributed by atoms with Crippen molar-refractivity contribution in [1.82, 2.24) is 0 Å². The van der Waals surface area contributed by atoms with E-state index in [4.69, 9.17) is 52.1 Å². The van der Waals surface area contributed by atoms with E-state index in [0.29, 0.717) is 0 Å². The third kappa shape index (κ3) is 12.6. The normalized spacial score (nSPS) is 29.4. The Kier molecular flexibility index (Phi) is 15.3. The molecule has 19 heteroatoms. The number of esters is 8. The van der Waals surface area contributed by atoms with Crippen molar-refractivity contribution in [2.75, 3.05) is 13.2 Å². The molecule has 2 saturated heterocycles. The zero-order valence-corrected chi connectivity index (χ0v) is 28.5. The topological polar surface area (TPSA) is 238 Å². The number of carbonyl (C=O) groups is 8. The van der Waals surface area contributed by atoms with Gasteiger partial charge < -0.3 is 52.1 Å². The summed E-state index contributed by atoms with van der Waals surface area (Å²) >= 11 is 0.